The van der Waals surface area contributed by atoms with Crippen molar-refractivity contribution in [2.24, 2.45) is 0 Å². The number of carbonyl (C=O) groups is 1. The molecule has 1 heterocycles. The van der Waals surface area contributed by atoms with Gasteiger partial charge in [-0.15, -0.1) is 10.2 Å². The summed E-state index contributed by atoms with van der Waals surface area (Å²) in [5, 5.41) is 17.6. The molecule has 28 heavy (non-hydrogen) atoms. The monoisotopic (exact) mass is 397 g/mol. The first kappa shape index (κ1) is 19.9. The lowest BCUT2D eigenvalue weighted by Crippen LogP contribution is -2.14. The van der Waals surface area contributed by atoms with Gasteiger partial charge in [-0.3, -0.25) is 9.36 Å². The smallest absolute Gasteiger partial charge is 0.316 e. The quantitative estimate of drug-likeness (QED) is 0.549. The van der Waals surface area contributed by atoms with Gasteiger partial charge in [0.1, 0.15) is 17.6 Å². The van der Waals surface area contributed by atoms with Gasteiger partial charge in [-0.05, 0) is 36.6 Å². The Morgan fingerprint density at radius 1 is 1.11 bits per heavy atom. The van der Waals surface area contributed by atoms with Crippen LogP contribution in [-0.4, -0.2) is 31.1 Å². The zero-order valence-electron chi connectivity index (χ0n) is 15.9. The van der Waals surface area contributed by atoms with Crippen LogP contribution in [0.3, 0.4) is 0 Å². The predicted octanol–water partition coefficient (Wildman–Crippen LogP) is 4.03. The Kier molecular flexibility index (Phi) is 6.71. The zero-order chi connectivity index (χ0) is 19.9. The van der Waals surface area contributed by atoms with Crippen molar-refractivity contribution in [3.63, 3.8) is 0 Å². The Hall–Kier alpha value is -2.80. The number of nitrogens with zero attached hydrogens (tertiary/aromatic N) is 3. The maximum Gasteiger partial charge on any atom is 0.316 e. The SMILES string of the molecule is CCc1ccc(OCc2nnc(SC(C)C(=O)O)n2Cc2ccccc2)cc1. The minimum absolute atomic E-state index is 0.257. The van der Waals surface area contributed by atoms with Crippen LogP contribution < -0.4 is 4.74 Å². The van der Waals surface area contributed by atoms with Crippen LogP contribution in [-0.2, 0) is 24.4 Å². The molecule has 0 radical (unpaired) electrons. The van der Waals surface area contributed by atoms with Gasteiger partial charge in [0.2, 0.25) is 0 Å². The molecule has 0 aliphatic carbocycles. The first-order valence-electron chi connectivity index (χ1n) is 9.14. The zero-order valence-corrected chi connectivity index (χ0v) is 16.7. The summed E-state index contributed by atoms with van der Waals surface area (Å²) in [6, 6.07) is 17.9. The molecule has 0 spiro atoms. The van der Waals surface area contributed by atoms with Crippen LogP contribution in [0, 0.1) is 0 Å². The lowest BCUT2D eigenvalue weighted by Gasteiger charge is -2.12. The molecule has 1 N–H and O–H groups in total. The third kappa shape index (κ3) is 5.13. The summed E-state index contributed by atoms with van der Waals surface area (Å²) in [5.41, 5.74) is 2.33. The fourth-order valence-electron chi connectivity index (χ4n) is 2.62. The van der Waals surface area contributed by atoms with Gasteiger partial charge in [0.05, 0.1) is 6.54 Å². The van der Waals surface area contributed by atoms with E-state index in [1.165, 1.54) is 17.3 Å². The molecular weight excluding hydrogens is 374 g/mol. The highest BCUT2D eigenvalue weighted by Gasteiger charge is 2.20. The molecule has 3 rings (SSSR count). The van der Waals surface area contributed by atoms with Gasteiger partial charge in [0.15, 0.2) is 11.0 Å². The minimum Gasteiger partial charge on any atom is -0.486 e. The van der Waals surface area contributed by atoms with Crippen LogP contribution in [0.4, 0.5) is 0 Å². The van der Waals surface area contributed by atoms with Gasteiger partial charge in [0, 0.05) is 0 Å². The fourth-order valence-corrected chi connectivity index (χ4v) is 3.42. The Morgan fingerprint density at radius 3 is 2.46 bits per heavy atom. The van der Waals surface area contributed by atoms with E-state index in [2.05, 4.69) is 17.1 Å². The third-order valence-electron chi connectivity index (χ3n) is 4.31. The normalized spacial score (nSPS) is 11.9. The predicted molar refractivity (Wildman–Crippen MR) is 109 cm³/mol. The van der Waals surface area contributed by atoms with E-state index in [0.29, 0.717) is 17.5 Å². The van der Waals surface area contributed by atoms with Crippen LogP contribution in [0.25, 0.3) is 0 Å². The minimum atomic E-state index is -0.881. The molecule has 1 aromatic heterocycles. The van der Waals surface area contributed by atoms with Gasteiger partial charge in [-0.2, -0.15) is 0 Å². The average molecular weight is 398 g/mol. The molecular formula is C21H23N3O3S. The summed E-state index contributed by atoms with van der Waals surface area (Å²) in [4.78, 5) is 11.2. The van der Waals surface area contributed by atoms with Crippen molar-refractivity contribution in [3.8, 4) is 5.75 Å². The highest BCUT2D eigenvalue weighted by molar-refractivity contribution is 8.00. The number of aromatic nitrogens is 3. The summed E-state index contributed by atoms with van der Waals surface area (Å²) < 4.78 is 7.80. The molecule has 0 saturated carbocycles. The Morgan fingerprint density at radius 2 is 1.82 bits per heavy atom. The largest absolute Gasteiger partial charge is 0.486 e. The molecule has 3 aromatic rings. The van der Waals surface area contributed by atoms with Crippen molar-refractivity contribution in [2.45, 2.75) is 43.8 Å². The second-order valence-electron chi connectivity index (χ2n) is 6.36. The Balaban J connectivity index is 1.80. The number of ether oxygens (including phenoxy) is 1. The van der Waals surface area contributed by atoms with Crippen molar-refractivity contribution in [2.75, 3.05) is 0 Å². The molecule has 1 unspecified atom stereocenters. The van der Waals surface area contributed by atoms with Crippen molar-refractivity contribution < 1.29 is 14.6 Å². The number of aliphatic carboxylic acids is 1. The number of benzene rings is 2. The lowest BCUT2D eigenvalue weighted by atomic mass is 10.2. The van der Waals surface area contributed by atoms with Crippen LogP contribution in [0.5, 0.6) is 5.75 Å². The van der Waals surface area contributed by atoms with Gasteiger partial charge in [-0.25, -0.2) is 0 Å². The highest BCUT2D eigenvalue weighted by atomic mass is 32.2. The average Bonchev–Trinajstić information content (AvgIpc) is 3.08. The van der Waals surface area contributed by atoms with Crippen molar-refractivity contribution in [1.82, 2.24) is 14.8 Å². The van der Waals surface area contributed by atoms with Gasteiger partial charge in [0.25, 0.3) is 0 Å². The molecule has 0 aliphatic rings. The van der Waals surface area contributed by atoms with E-state index in [4.69, 9.17) is 4.74 Å². The number of rotatable bonds is 9. The molecule has 0 saturated heterocycles. The number of aryl methyl sites for hydroxylation is 1. The molecule has 7 heteroatoms. The Bertz CT molecular complexity index is 910. The van der Waals surface area contributed by atoms with Crippen molar-refractivity contribution in [1.29, 1.82) is 0 Å². The standard InChI is InChI=1S/C21H23N3O3S/c1-3-16-9-11-18(12-10-16)27-14-19-22-23-21(28-15(2)20(25)26)24(19)13-17-7-5-4-6-8-17/h4-12,15H,3,13-14H2,1-2H3,(H,25,26). The molecule has 0 fully saturated rings. The van der Waals surface area contributed by atoms with Crippen LogP contribution >= 0.6 is 11.8 Å². The first-order chi connectivity index (χ1) is 13.6. The van der Waals surface area contributed by atoms with E-state index >= 15 is 0 Å². The van der Waals surface area contributed by atoms with E-state index in [-0.39, 0.29) is 6.61 Å². The lowest BCUT2D eigenvalue weighted by molar-refractivity contribution is -0.136. The first-order valence-corrected chi connectivity index (χ1v) is 10.0. The molecule has 0 bridgehead atoms. The van der Waals surface area contributed by atoms with Crippen LogP contribution in [0.1, 0.15) is 30.8 Å². The highest BCUT2D eigenvalue weighted by Crippen LogP contribution is 2.24. The number of carboxylic acids is 1. The maximum atomic E-state index is 11.2. The van der Waals surface area contributed by atoms with Crippen LogP contribution in [0.2, 0.25) is 0 Å². The van der Waals surface area contributed by atoms with Gasteiger partial charge in [-0.1, -0.05) is 61.2 Å². The topological polar surface area (TPSA) is 77.2 Å². The molecule has 2 aromatic carbocycles. The van der Waals surface area contributed by atoms with Gasteiger partial charge < -0.3 is 9.84 Å². The summed E-state index contributed by atoms with van der Waals surface area (Å²) in [6.07, 6.45) is 0.980. The number of hydrogen-bond donors (Lipinski definition) is 1. The van der Waals surface area contributed by atoms with Crippen molar-refractivity contribution in [3.05, 3.63) is 71.5 Å². The van der Waals surface area contributed by atoms with E-state index in [1.54, 1.807) is 6.92 Å². The number of thioether (sulfide) groups is 1. The van der Waals surface area contributed by atoms with Gasteiger partial charge >= 0.3 is 5.97 Å². The maximum absolute atomic E-state index is 11.2. The summed E-state index contributed by atoms with van der Waals surface area (Å²) in [7, 11) is 0. The summed E-state index contributed by atoms with van der Waals surface area (Å²) in [6.45, 7) is 4.56. The molecule has 1 atom stereocenters. The van der Waals surface area contributed by atoms with E-state index in [0.717, 1.165) is 17.7 Å². The van der Waals surface area contributed by atoms with E-state index in [1.807, 2.05) is 59.2 Å². The molecule has 146 valence electrons. The second kappa shape index (κ2) is 9.41. The molecule has 6 nitrogen and oxygen atoms in total. The summed E-state index contributed by atoms with van der Waals surface area (Å²) >= 11 is 1.18. The Labute approximate surface area is 168 Å². The van der Waals surface area contributed by atoms with E-state index in [9.17, 15) is 9.90 Å². The van der Waals surface area contributed by atoms with E-state index < -0.39 is 11.2 Å². The second-order valence-corrected chi connectivity index (χ2v) is 7.66. The van der Waals surface area contributed by atoms with Crippen molar-refractivity contribution >= 4 is 17.7 Å². The fraction of sp³-hybridized carbons (Fsp3) is 0.286. The summed E-state index contributed by atoms with van der Waals surface area (Å²) in [5.74, 6) is 0.538. The number of carboxylic acid groups (broad SMARTS) is 1. The molecule has 0 amide bonds. The molecule has 0 aliphatic heterocycles. The van der Waals surface area contributed by atoms with Crippen LogP contribution in [0.15, 0.2) is 59.8 Å². The third-order valence-corrected chi connectivity index (χ3v) is 5.37. The number of hydrogen-bond acceptors (Lipinski definition) is 5.